The van der Waals surface area contributed by atoms with Crippen molar-refractivity contribution in [1.82, 2.24) is 9.69 Å². The molecular weight excluding hydrogens is 260 g/mol. The Labute approximate surface area is 113 Å². The average Bonchev–Trinajstić information content (AvgIpc) is 2.66. The number of hydrogen-bond acceptors (Lipinski definition) is 4. The van der Waals surface area contributed by atoms with Crippen molar-refractivity contribution in [1.29, 1.82) is 0 Å². The van der Waals surface area contributed by atoms with Gasteiger partial charge in [-0.05, 0) is 23.7 Å². The molecule has 0 unspecified atom stereocenters. The van der Waals surface area contributed by atoms with Gasteiger partial charge < -0.3 is 10.4 Å². The van der Waals surface area contributed by atoms with Crippen molar-refractivity contribution in [3.63, 3.8) is 0 Å². The molecule has 3 rings (SSSR count). The first kappa shape index (κ1) is 11.7. The number of carbonyl (C=O) groups is 1. The van der Waals surface area contributed by atoms with Crippen LogP contribution in [0.4, 0.5) is 0 Å². The van der Waals surface area contributed by atoms with E-state index in [-0.39, 0.29) is 5.69 Å². The smallest absolute Gasteiger partial charge is 0.356 e. The Morgan fingerprint density at radius 3 is 3.00 bits per heavy atom. The largest absolute Gasteiger partial charge is 0.476 e. The minimum Gasteiger partial charge on any atom is -0.476 e. The number of benzene rings is 1. The Hall–Kier alpha value is -2.40. The molecule has 0 bridgehead atoms. The van der Waals surface area contributed by atoms with Crippen LogP contribution in [0.15, 0.2) is 48.7 Å². The predicted octanol–water partition coefficient (Wildman–Crippen LogP) is 3.01. The lowest BCUT2D eigenvalue weighted by atomic mass is 10.1. The van der Waals surface area contributed by atoms with Crippen molar-refractivity contribution in [2.45, 2.75) is 0 Å². The number of fused-ring (bicyclic) bond motifs is 1. The van der Waals surface area contributed by atoms with E-state index in [2.05, 4.69) is 9.69 Å². The molecular formula is C14H10N2O2S. The van der Waals surface area contributed by atoms with Gasteiger partial charge in [0.05, 0.1) is 4.70 Å². The van der Waals surface area contributed by atoms with Crippen LogP contribution < -0.4 is 5.32 Å². The maximum atomic E-state index is 11.1. The molecule has 2 N–H and O–H groups in total. The molecule has 0 radical (unpaired) electrons. The third-order valence-corrected chi connectivity index (χ3v) is 3.71. The van der Waals surface area contributed by atoms with Crippen LogP contribution in [0.1, 0.15) is 16.1 Å². The van der Waals surface area contributed by atoms with Gasteiger partial charge in [-0.1, -0.05) is 30.4 Å². The number of aromatic carboxylic acids is 1. The number of rotatable bonds is 2. The van der Waals surface area contributed by atoms with E-state index >= 15 is 0 Å². The van der Waals surface area contributed by atoms with E-state index in [9.17, 15) is 4.79 Å². The zero-order chi connectivity index (χ0) is 13.2. The number of hydrogen-bond donors (Lipinski definition) is 2. The summed E-state index contributed by atoms with van der Waals surface area (Å²) in [4.78, 5) is 11.1. The molecule has 2 heterocycles. The number of carboxylic acids is 1. The van der Waals surface area contributed by atoms with Gasteiger partial charge >= 0.3 is 5.97 Å². The minimum atomic E-state index is -0.994. The molecule has 1 aromatic carbocycles. The number of allylic oxidation sites excluding steroid dienone is 4. The van der Waals surface area contributed by atoms with Gasteiger partial charge in [0.15, 0.2) is 5.69 Å². The Kier molecular flexibility index (Phi) is 2.89. The predicted molar refractivity (Wildman–Crippen MR) is 76.0 cm³/mol. The highest BCUT2D eigenvalue weighted by Crippen LogP contribution is 2.30. The summed E-state index contributed by atoms with van der Waals surface area (Å²) in [5.41, 5.74) is 2.00. The maximum absolute atomic E-state index is 11.1. The Balaban J connectivity index is 2.20. The second-order valence-electron chi connectivity index (χ2n) is 3.99. The van der Waals surface area contributed by atoms with Gasteiger partial charge in [0.1, 0.15) is 0 Å². The van der Waals surface area contributed by atoms with Crippen LogP contribution in [0.25, 0.3) is 15.8 Å². The van der Waals surface area contributed by atoms with E-state index in [1.807, 2.05) is 42.6 Å². The second-order valence-corrected chi connectivity index (χ2v) is 4.76. The normalized spacial score (nSPS) is 14.0. The van der Waals surface area contributed by atoms with Gasteiger partial charge in [0.2, 0.25) is 0 Å². The van der Waals surface area contributed by atoms with E-state index < -0.39 is 5.97 Å². The summed E-state index contributed by atoms with van der Waals surface area (Å²) in [6, 6.07) is 5.59. The lowest BCUT2D eigenvalue weighted by Gasteiger charge is -2.07. The van der Waals surface area contributed by atoms with Crippen LogP contribution in [0.2, 0.25) is 0 Å². The first-order chi connectivity index (χ1) is 9.27. The third kappa shape index (κ3) is 2.04. The molecule has 0 fully saturated rings. The van der Waals surface area contributed by atoms with Gasteiger partial charge in [0, 0.05) is 22.8 Å². The fraction of sp³-hybridized carbons (Fsp3) is 0. The zero-order valence-corrected chi connectivity index (χ0v) is 10.6. The number of aromatic nitrogens is 1. The standard InChI is InChI=1S/C14H10N2O2S/c17-14(18)12-10-6-4-5-9(13(10)19-16-12)11-7-2-1-3-8-15-11/h1-8,15H,(H,17,18). The van der Waals surface area contributed by atoms with Crippen LogP contribution in [-0.4, -0.2) is 15.4 Å². The zero-order valence-electron chi connectivity index (χ0n) is 9.83. The summed E-state index contributed by atoms with van der Waals surface area (Å²) >= 11 is 1.21. The molecule has 0 saturated heterocycles. The summed E-state index contributed by atoms with van der Waals surface area (Å²) in [7, 11) is 0. The highest BCUT2D eigenvalue weighted by Gasteiger charge is 2.16. The Bertz CT molecular complexity index is 741. The molecule has 5 heteroatoms. The number of nitrogens with one attached hydrogen (secondary N) is 1. The minimum absolute atomic E-state index is 0.113. The van der Waals surface area contributed by atoms with Gasteiger partial charge in [-0.2, -0.15) is 4.37 Å². The van der Waals surface area contributed by atoms with E-state index in [4.69, 9.17) is 5.11 Å². The van der Waals surface area contributed by atoms with Crippen molar-refractivity contribution >= 4 is 33.3 Å². The first-order valence-corrected chi connectivity index (χ1v) is 6.47. The van der Waals surface area contributed by atoms with Gasteiger partial charge in [-0.15, -0.1) is 0 Å². The fourth-order valence-electron chi connectivity index (χ4n) is 1.95. The molecule has 4 nitrogen and oxygen atoms in total. The lowest BCUT2D eigenvalue weighted by Crippen LogP contribution is -2.03. The number of nitrogens with zero attached hydrogens (tertiary/aromatic N) is 1. The van der Waals surface area contributed by atoms with Crippen molar-refractivity contribution < 1.29 is 9.90 Å². The Morgan fingerprint density at radius 1 is 1.26 bits per heavy atom. The van der Waals surface area contributed by atoms with E-state index in [0.717, 1.165) is 16.0 Å². The second kappa shape index (κ2) is 4.70. The molecule has 2 aromatic rings. The summed E-state index contributed by atoms with van der Waals surface area (Å²) in [6.45, 7) is 0. The SMILES string of the molecule is O=C(O)c1nsc2c(C3=CC=CC=CN3)cccc12. The molecule has 0 spiro atoms. The van der Waals surface area contributed by atoms with E-state index in [1.165, 1.54) is 11.5 Å². The molecule has 0 amide bonds. The molecule has 19 heavy (non-hydrogen) atoms. The summed E-state index contributed by atoms with van der Waals surface area (Å²) in [6.07, 6.45) is 9.56. The Morgan fingerprint density at radius 2 is 2.16 bits per heavy atom. The van der Waals surface area contributed by atoms with Crippen LogP contribution in [0, 0.1) is 0 Å². The quantitative estimate of drug-likeness (QED) is 0.880. The summed E-state index contributed by atoms with van der Waals surface area (Å²) in [5, 5.41) is 13.0. The average molecular weight is 270 g/mol. The molecule has 0 atom stereocenters. The van der Waals surface area contributed by atoms with Crippen molar-refractivity contribution in [2.75, 3.05) is 0 Å². The highest BCUT2D eigenvalue weighted by molar-refractivity contribution is 7.14. The van der Waals surface area contributed by atoms with Crippen LogP contribution >= 0.6 is 11.5 Å². The fourth-order valence-corrected chi connectivity index (χ4v) is 2.85. The van der Waals surface area contributed by atoms with Crippen LogP contribution in [-0.2, 0) is 0 Å². The molecule has 0 saturated carbocycles. The van der Waals surface area contributed by atoms with E-state index in [1.54, 1.807) is 6.07 Å². The van der Waals surface area contributed by atoms with Crippen LogP contribution in [0.5, 0.6) is 0 Å². The molecule has 1 aliphatic heterocycles. The van der Waals surface area contributed by atoms with Crippen molar-refractivity contribution in [3.8, 4) is 0 Å². The lowest BCUT2D eigenvalue weighted by molar-refractivity contribution is 0.0694. The monoisotopic (exact) mass is 270 g/mol. The van der Waals surface area contributed by atoms with Gasteiger partial charge in [-0.3, -0.25) is 0 Å². The van der Waals surface area contributed by atoms with Crippen molar-refractivity contribution in [3.05, 3.63) is 60.0 Å². The molecule has 1 aliphatic rings. The van der Waals surface area contributed by atoms with Crippen LogP contribution in [0.3, 0.4) is 0 Å². The van der Waals surface area contributed by atoms with E-state index in [0.29, 0.717) is 5.39 Å². The summed E-state index contributed by atoms with van der Waals surface area (Å²) in [5.74, 6) is -0.994. The maximum Gasteiger partial charge on any atom is 0.356 e. The first-order valence-electron chi connectivity index (χ1n) is 5.69. The van der Waals surface area contributed by atoms with Gasteiger partial charge in [-0.25, -0.2) is 4.79 Å². The number of carboxylic acid groups (broad SMARTS) is 1. The van der Waals surface area contributed by atoms with Gasteiger partial charge in [0.25, 0.3) is 0 Å². The third-order valence-electron chi connectivity index (χ3n) is 2.81. The molecule has 1 aromatic heterocycles. The molecule has 94 valence electrons. The highest BCUT2D eigenvalue weighted by atomic mass is 32.1. The topological polar surface area (TPSA) is 62.2 Å². The van der Waals surface area contributed by atoms with Crippen molar-refractivity contribution in [2.24, 2.45) is 0 Å². The summed E-state index contributed by atoms with van der Waals surface area (Å²) < 4.78 is 4.90. The molecule has 0 aliphatic carbocycles.